The molecule has 1 fully saturated rings. The van der Waals surface area contributed by atoms with E-state index >= 15 is 0 Å². The number of hydrogen-bond acceptors (Lipinski definition) is 7. The minimum Gasteiger partial charge on any atom is -0.353 e. The number of carbonyl (C=O) groups is 1. The Morgan fingerprint density at radius 3 is 2.30 bits per heavy atom. The number of nitrogens with zero attached hydrogens (tertiary/aromatic N) is 6. The van der Waals surface area contributed by atoms with Gasteiger partial charge < -0.3 is 9.80 Å². The first-order valence-corrected chi connectivity index (χ1v) is 12.3. The van der Waals surface area contributed by atoms with E-state index in [0.29, 0.717) is 37.4 Å². The summed E-state index contributed by atoms with van der Waals surface area (Å²) in [4.78, 5) is 21.9. The maximum atomic E-state index is 13.4. The van der Waals surface area contributed by atoms with Crippen LogP contribution >= 0.6 is 0 Å². The van der Waals surface area contributed by atoms with Crippen molar-refractivity contribution in [1.82, 2.24) is 24.9 Å². The molecule has 3 aromatic rings. The highest BCUT2D eigenvalue weighted by Crippen LogP contribution is 2.25. The van der Waals surface area contributed by atoms with E-state index in [9.17, 15) is 13.2 Å². The topological polar surface area (TPSA) is 127 Å². The number of nitrogens with two attached hydrogens (primary N) is 1. The molecule has 1 amide bonds. The number of anilines is 1. The zero-order valence-electron chi connectivity index (χ0n) is 18.6. The molecule has 11 heteroatoms. The smallest absolute Gasteiger partial charge is 0.247 e. The largest absolute Gasteiger partial charge is 0.353 e. The van der Waals surface area contributed by atoms with Gasteiger partial charge in [0, 0.05) is 37.9 Å². The van der Waals surface area contributed by atoms with Crippen LogP contribution in [-0.4, -0.2) is 65.4 Å². The summed E-state index contributed by atoms with van der Waals surface area (Å²) in [5, 5.41) is 13.6. The van der Waals surface area contributed by atoms with Gasteiger partial charge in [-0.15, -0.1) is 5.10 Å². The van der Waals surface area contributed by atoms with Crippen molar-refractivity contribution in [2.45, 2.75) is 24.8 Å². The van der Waals surface area contributed by atoms with E-state index in [1.807, 2.05) is 36.9 Å². The first kappa shape index (κ1) is 22.9. The Kier molecular flexibility index (Phi) is 6.43. The number of rotatable bonds is 6. The zero-order valence-corrected chi connectivity index (χ0v) is 19.4. The first-order chi connectivity index (χ1) is 15.7. The molecule has 0 bridgehead atoms. The summed E-state index contributed by atoms with van der Waals surface area (Å²) in [6, 6.07) is 11.4. The van der Waals surface area contributed by atoms with E-state index in [0.717, 1.165) is 5.82 Å². The third-order valence-electron chi connectivity index (χ3n) is 5.72. The number of hydrogen-bond donors (Lipinski definition) is 1. The Hall–Kier alpha value is -3.31. The van der Waals surface area contributed by atoms with Gasteiger partial charge in [-0.05, 0) is 30.2 Å². The predicted molar refractivity (Wildman–Crippen MR) is 124 cm³/mol. The summed E-state index contributed by atoms with van der Waals surface area (Å²) in [7, 11) is -3.77. The van der Waals surface area contributed by atoms with Gasteiger partial charge in [-0.2, -0.15) is 0 Å². The molecule has 1 aliphatic rings. The lowest BCUT2D eigenvalue weighted by atomic mass is 10.0. The van der Waals surface area contributed by atoms with Gasteiger partial charge in [-0.25, -0.2) is 23.2 Å². The lowest BCUT2D eigenvalue weighted by Crippen LogP contribution is -2.51. The quantitative estimate of drug-likeness (QED) is 0.580. The van der Waals surface area contributed by atoms with Crippen LogP contribution in [0.3, 0.4) is 0 Å². The van der Waals surface area contributed by atoms with E-state index in [1.165, 1.54) is 12.1 Å². The molecule has 10 nitrogen and oxygen atoms in total. The molecule has 0 saturated carbocycles. The second kappa shape index (κ2) is 9.28. The average Bonchev–Trinajstić information content (AvgIpc) is 3.28. The molecule has 0 spiro atoms. The van der Waals surface area contributed by atoms with Gasteiger partial charge in [0.05, 0.1) is 11.1 Å². The number of aromatic nitrogens is 4. The summed E-state index contributed by atoms with van der Waals surface area (Å²) >= 11 is 0. The summed E-state index contributed by atoms with van der Waals surface area (Å²) in [5.41, 5.74) is 1.24. The van der Waals surface area contributed by atoms with Crippen LogP contribution in [0.25, 0.3) is 11.3 Å². The lowest BCUT2D eigenvalue weighted by Gasteiger charge is -2.37. The fourth-order valence-corrected chi connectivity index (χ4v) is 4.46. The van der Waals surface area contributed by atoms with Gasteiger partial charge in [-0.1, -0.05) is 37.3 Å². The molecule has 0 aliphatic carbocycles. The molecule has 2 aromatic heterocycles. The lowest BCUT2D eigenvalue weighted by molar-refractivity contribution is -0.136. The van der Waals surface area contributed by atoms with Crippen LogP contribution in [0.4, 0.5) is 5.82 Å². The van der Waals surface area contributed by atoms with Crippen molar-refractivity contribution >= 4 is 21.7 Å². The van der Waals surface area contributed by atoms with E-state index in [-0.39, 0.29) is 16.7 Å². The number of amides is 1. The van der Waals surface area contributed by atoms with Crippen LogP contribution in [0.2, 0.25) is 0 Å². The van der Waals surface area contributed by atoms with Gasteiger partial charge in [0.15, 0.2) is 0 Å². The van der Waals surface area contributed by atoms with Crippen LogP contribution < -0.4 is 10.0 Å². The maximum Gasteiger partial charge on any atom is 0.247 e. The Morgan fingerprint density at radius 1 is 1.03 bits per heavy atom. The molecule has 2 N–H and O–H groups in total. The summed E-state index contributed by atoms with van der Waals surface area (Å²) in [5.74, 6) is 0.928. The number of sulfonamides is 1. The first-order valence-electron chi connectivity index (χ1n) is 10.7. The molecule has 1 saturated heterocycles. The van der Waals surface area contributed by atoms with Crippen molar-refractivity contribution in [3.8, 4) is 11.3 Å². The molecule has 1 aliphatic heterocycles. The second-order valence-electron chi connectivity index (χ2n) is 8.34. The van der Waals surface area contributed by atoms with Gasteiger partial charge in [0.1, 0.15) is 17.6 Å². The highest BCUT2D eigenvalue weighted by Gasteiger charge is 2.32. The molecule has 1 atom stereocenters. The number of pyridine rings is 1. The molecule has 3 heterocycles. The third kappa shape index (κ3) is 5.04. The van der Waals surface area contributed by atoms with Crippen molar-refractivity contribution in [3.05, 3.63) is 54.9 Å². The molecule has 4 rings (SSSR count). The Balaban J connectivity index is 1.48. The molecule has 174 valence electrons. The van der Waals surface area contributed by atoms with Crippen LogP contribution in [0, 0.1) is 5.92 Å². The maximum absolute atomic E-state index is 13.4. The molecule has 1 aromatic carbocycles. The fourth-order valence-electron chi connectivity index (χ4n) is 3.95. The van der Waals surface area contributed by atoms with E-state index in [2.05, 4.69) is 20.2 Å². The zero-order chi connectivity index (χ0) is 23.6. The SMILES string of the molecule is CC(C)C(C(=O)N1CCN(c2ccccn2)CC1)n1cc(-c2ccc(S(N)(=O)=O)cc2)nn1. The van der Waals surface area contributed by atoms with Gasteiger partial charge >= 0.3 is 0 Å². The molecular formula is C22H27N7O3S. The van der Waals surface area contributed by atoms with Crippen LogP contribution in [0.1, 0.15) is 19.9 Å². The van der Waals surface area contributed by atoms with E-state index < -0.39 is 16.1 Å². The number of primary sulfonamides is 1. The minimum atomic E-state index is -3.77. The van der Waals surface area contributed by atoms with E-state index in [4.69, 9.17) is 5.14 Å². The third-order valence-corrected chi connectivity index (χ3v) is 6.65. The van der Waals surface area contributed by atoms with Crippen molar-refractivity contribution in [3.63, 3.8) is 0 Å². The van der Waals surface area contributed by atoms with Crippen molar-refractivity contribution < 1.29 is 13.2 Å². The predicted octanol–water partition coefficient (Wildman–Crippen LogP) is 1.53. The summed E-state index contributed by atoms with van der Waals surface area (Å²) in [6.07, 6.45) is 3.49. The highest BCUT2D eigenvalue weighted by molar-refractivity contribution is 7.89. The average molecular weight is 470 g/mol. The number of carbonyl (C=O) groups excluding carboxylic acids is 1. The summed E-state index contributed by atoms with van der Waals surface area (Å²) in [6.45, 7) is 6.60. The second-order valence-corrected chi connectivity index (χ2v) is 9.90. The molecular weight excluding hydrogens is 442 g/mol. The fraction of sp³-hybridized carbons (Fsp3) is 0.364. The van der Waals surface area contributed by atoms with Crippen molar-refractivity contribution in [2.75, 3.05) is 31.1 Å². The van der Waals surface area contributed by atoms with Crippen LogP contribution in [0.5, 0.6) is 0 Å². The molecule has 33 heavy (non-hydrogen) atoms. The van der Waals surface area contributed by atoms with Gasteiger partial charge in [-0.3, -0.25) is 4.79 Å². The highest BCUT2D eigenvalue weighted by atomic mass is 32.2. The molecule has 0 radical (unpaired) electrons. The Morgan fingerprint density at radius 2 is 1.73 bits per heavy atom. The van der Waals surface area contributed by atoms with Crippen LogP contribution in [0.15, 0.2) is 59.8 Å². The van der Waals surface area contributed by atoms with Crippen molar-refractivity contribution in [2.24, 2.45) is 11.1 Å². The minimum absolute atomic E-state index is 0.00521. The van der Waals surface area contributed by atoms with Gasteiger partial charge in [0.2, 0.25) is 15.9 Å². The Labute approximate surface area is 193 Å². The number of benzene rings is 1. The van der Waals surface area contributed by atoms with Crippen LogP contribution in [-0.2, 0) is 14.8 Å². The summed E-state index contributed by atoms with van der Waals surface area (Å²) < 4.78 is 24.5. The van der Waals surface area contributed by atoms with E-state index in [1.54, 1.807) is 29.2 Å². The van der Waals surface area contributed by atoms with Crippen molar-refractivity contribution in [1.29, 1.82) is 0 Å². The van der Waals surface area contributed by atoms with Gasteiger partial charge in [0.25, 0.3) is 0 Å². The normalized spacial score (nSPS) is 15.6. The monoisotopic (exact) mass is 469 g/mol. The number of piperazine rings is 1. The Bertz CT molecular complexity index is 1200. The molecule has 1 unspecified atom stereocenters. The standard InChI is InChI=1S/C22H27N7O3S/c1-16(2)21(22(30)28-13-11-27(12-14-28)20-5-3-4-10-24-20)29-15-19(25-26-29)17-6-8-18(9-7-17)33(23,31)32/h3-10,15-16,21H,11-14H2,1-2H3,(H2,23,31,32).